The minimum absolute atomic E-state index is 0.0263. The molecule has 2 aromatic carbocycles. The molecular weight excluding hydrogens is 368 g/mol. The molecule has 2 unspecified atom stereocenters. The zero-order valence-electron chi connectivity index (χ0n) is 13.3. The van der Waals surface area contributed by atoms with Crippen molar-refractivity contribution in [1.29, 1.82) is 0 Å². The molecule has 2 N–H and O–H groups in total. The van der Waals surface area contributed by atoms with Gasteiger partial charge in [-0.05, 0) is 29.8 Å². The number of hydrogen-bond acceptors (Lipinski definition) is 2. The Labute approximate surface area is 152 Å². The summed E-state index contributed by atoms with van der Waals surface area (Å²) in [6.07, 6.45) is -4.43. The third-order valence-electron chi connectivity index (χ3n) is 4.26. The average molecular weight is 382 g/mol. The Morgan fingerprint density at radius 1 is 1.12 bits per heavy atom. The van der Waals surface area contributed by atoms with Gasteiger partial charge < -0.3 is 10.6 Å². The van der Waals surface area contributed by atoms with Crippen molar-refractivity contribution in [2.45, 2.75) is 12.1 Å². The second kappa shape index (κ2) is 7.03. The predicted octanol–water partition coefficient (Wildman–Crippen LogP) is 4.11. The molecule has 136 valence electrons. The van der Waals surface area contributed by atoms with Crippen molar-refractivity contribution in [3.63, 3.8) is 0 Å². The standard InChI is InChI=1S/C18H14F4N2OS/c19-13-3-1-2-4-14(13)24-16(25)15-12(9-23-17(15)26)10-5-7-11(8-6-10)18(20,21)22/h1-8,12,15H,9H2,(H,23,26)(H,24,25). The molecule has 3 rings (SSSR count). The van der Waals surface area contributed by atoms with E-state index in [-0.39, 0.29) is 10.7 Å². The summed E-state index contributed by atoms with van der Waals surface area (Å²) < 4.78 is 51.9. The van der Waals surface area contributed by atoms with Gasteiger partial charge in [0.05, 0.1) is 22.2 Å². The number of thiocarbonyl (C=S) groups is 1. The molecule has 8 heteroatoms. The number of hydrogen-bond donors (Lipinski definition) is 2. The Bertz CT molecular complexity index is 836. The zero-order chi connectivity index (χ0) is 18.9. The first-order valence-electron chi connectivity index (χ1n) is 7.77. The first-order chi connectivity index (χ1) is 12.3. The van der Waals surface area contributed by atoms with Crippen molar-refractivity contribution in [1.82, 2.24) is 5.32 Å². The third-order valence-corrected chi connectivity index (χ3v) is 4.66. The van der Waals surface area contributed by atoms with Crippen molar-refractivity contribution in [3.05, 3.63) is 65.5 Å². The second-order valence-electron chi connectivity index (χ2n) is 5.92. The summed E-state index contributed by atoms with van der Waals surface area (Å²) in [5.41, 5.74) is -0.181. The van der Waals surface area contributed by atoms with Gasteiger partial charge in [0.25, 0.3) is 0 Å². The molecule has 0 saturated carbocycles. The minimum Gasteiger partial charge on any atom is -0.378 e. The number of anilines is 1. The van der Waals surface area contributed by atoms with Gasteiger partial charge in [0, 0.05) is 12.5 Å². The number of para-hydroxylation sites is 1. The summed E-state index contributed by atoms with van der Waals surface area (Å²) in [6, 6.07) is 10.3. The molecule has 2 aromatic rings. The van der Waals surface area contributed by atoms with Crippen LogP contribution in [0.1, 0.15) is 17.0 Å². The number of rotatable bonds is 3. The molecule has 1 aliphatic heterocycles. The van der Waals surface area contributed by atoms with Gasteiger partial charge in [-0.25, -0.2) is 4.39 Å². The Kier molecular flexibility index (Phi) is 4.95. The summed E-state index contributed by atoms with van der Waals surface area (Å²) in [5, 5.41) is 5.40. The van der Waals surface area contributed by atoms with Crippen LogP contribution in [0.25, 0.3) is 0 Å². The molecule has 0 radical (unpaired) electrons. The number of amides is 1. The fourth-order valence-corrected chi connectivity index (χ4v) is 3.28. The monoisotopic (exact) mass is 382 g/mol. The molecule has 1 amide bonds. The van der Waals surface area contributed by atoms with E-state index in [1.165, 1.54) is 30.3 Å². The number of nitrogens with one attached hydrogen (secondary N) is 2. The van der Waals surface area contributed by atoms with E-state index in [1.54, 1.807) is 6.07 Å². The number of halogens is 4. The number of carbonyl (C=O) groups is 1. The van der Waals surface area contributed by atoms with Crippen LogP contribution in [0.3, 0.4) is 0 Å². The molecule has 1 fully saturated rings. The highest BCUT2D eigenvalue weighted by Crippen LogP contribution is 2.34. The van der Waals surface area contributed by atoms with E-state index in [1.807, 2.05) is 0 Å². The summed E-state index contributed by atoms with van der Waals surface area (Å²) >= 11 is 5.18. The zero-order valence-corrected chi connectivity index (χ0v) is 14.1. The highest BCUT2D eigenvalue weighted by atomic mass is 32.1. The lowest BCUT2D eigenvalue weighted by atomic mass is 9.87. The maximum absolute atomic E-state index is 13.7. The topological polar surface area (TPSA) is 41.1 Å². The molecule has 2 atom stereocenters. The molecule has 0 aliphatic carbocycles. The van der Waals surface area contributed by atoms with Crippen LogP contribution in [0.2, 0.25) is 0 Å². The molecule has 1 heterocycles. The highest BCUT2D eigenvalue weighted by Gasteiger charge is 2.39. The molecule has 0 aromatic heterocycles. The van der Waals surface area contributed by atoms with Crippen LogP contribution < -0.4 is 10.6 Å². The smallest absolute Gasteiger partial charge is 0.378 e. The van der Waals surface area contributed by atoms with Gasteiger partial charge in [-0.2, -0.15) is 13.2 Å². The van der Waals surface area contributed by atoms with Gasteiger partial charge in [0.1, 0.15) is 5.82 Å². The Morgan fingerprint density at radius 2 is 1.77 bits per heavy atom. The van der Waals surface area contributed by atoms with E-state index in [4.69, 9.17) is 12.2 Å². The Balaban J connectivity index is 1.82. The second-order valence-corrected chi connectivity index (χ2v) is 6.36. The first-order valence-corrected chi connectivity index (χ1v) is 8.18. The maximum Gasteiger partial charge on any atom is 0.416 e. The van der Waals surface area contributed by atoms with Crippen molar-refractivity contribution >= 4 is 28.8 Å². The fourth-order valence-electron chi connectivity index (χ4n) is 2.93. The van der Waals surface area contributed by atoms with E-state index in [0.717, 1.165) is 12.1 Å². The van der Waals surface area contributed by atoms with E-state index in [2.05, 4.69) is 10.6 Å². The largest absolute Gasteiger partial charge is 0.416 e. The third kappa shape index (κ3) is 3.70. The van der Waals surface area contributed by atoms with Crippen LogP contribution in [-0.4, -0.2) is 17.4 Å². The predicted molar refractivity (Wildman–Crippen MR) is 93.3 cm³/mol. The van der Waals surface area contributed by atoms with Crippen LogP contribution in [0.5, 0.6) is 0 Å². The first kappa shape index (κ1) is 18.3. The van der Waals surface area contributed by atoms with E-state index < -0.39 is 35.3 Å². The number of benzene rings is 2. The minimum atomic E-state index is -4.43. The average Bonchev–Trinajstić information content (AvgIpc) is 2.98. The summed E-state index contributed by atoms with van der Waals surface area (Å²) in [4.78, 5) is 12.9. The van der Waals surface area contributed by atoms with Crippen LogP contribution in [-0.2, 0) is 11.0 Å². The van der Waals surface area contributed by atoms with Gasteiger partial charge in [-0.15, -0.1) is 0 Å². The van der Waals surface area contributed by atoms with Crippen molar-refractivity contribution in [3.8, 4) is 0 Å². The number of carbonyl (C=O) groups excluding carboxylic acids is 1. The fraction of sp³-hybridized carbons (Fsp3) is 0.222. The van der Waals surface area contributed by atoms with Crippen molar-refractivity contribution in [2.75, 3.05) is 11.9 Å². The molecule has 1 saturated heterocycles. The van der Waals surface area contributed by atoms with Gasteiger partial charge in [-0.1, -0.05) is 36.5 Å². The molecule has 0 spiro atoms. The highest BCUT2D eigenvalue weighted by molar-refractivity contribution is 7.80. The SMILES string of the molecule is O=C(Nc1ccccc1F)C1C(=S)NCC1c1ccc(C(F)(F)F)cc1. The van der Waals surface area contributed by atoms with Gasteiger partial charge in [-0.3, -0.25) is 4.79 Å². The number of alkyl halides is 3. The molecular formula is C18H14F4N2OS. The van der Waals surface area contributed by atoms with Crippen LogP contribution in [0, 0.1) is 11.7 Å². The molecule has 1 aliphatic rings. The van der Waals surface area contributed by atoms with E-state index in [9.17, 15) is 22.4 Å². The van der Waals surface area contributed by atoms with Crippen LogP contribution in [0.15, 0.2) is 48.5 Å². The lowest BCUT2D eigenvalue weighted by molar-refractivity contribution is -0.137. The van der Waals surface area contributed by atoms with E-state index in [0.29, 0.717) is 12.1 Å². The molecule has 3 nitrogen and oxygen atoms in total. The molecule has 0 bridgehead atoms. The lowest BCUT2D eigenvalue weighted by Gasteiger charge is -2.19. The summed E-state index contributed by atoms with van der Waals surface area (Å²) in [6.45, 7) is 0.319. The summed E-state index contributed by atoms with van der Waals surface area (Å²) in [7, 11) is 0. The van der Waals surface area contributed by atoms with Crippen molar-refractivity contribution in [2.24, 2.45) is 5.92 Å². The summed E-state index contributed by atoms with van der Waals surface area (Å²) in [5.74, 6) is -2.31. The van der Waals surface area contributed by atoms with Crippen LogP contribution in [0.4, 0.5) is 23.2 Å². The Morgan fingerprint density at radius 3 is 2.38 bits per heavy atom. The van der Waals surface area contributed by atoms with Crippen LogP contribution >= 0.6 is 12.2 Å². The van der Waals surface area contributed by atoms with Gasteiger partial charge in [0.15, 0.2) is 0 Å². The van der Waals surface area contributed by atoms with Gasteiger partial charge in [0.2, 0.25) is 5.91 Å². The molecule has 26 heavy (non-hydrogen) atoms. The van der Waals surface area contributed by atoms with Gasteiger partial charge >= 0.3 is 6.18 Å². The maximum atomic E-state index is 13.7. The van der Waals surface area contributed by atoms with Crippen molar-refractivity contribution < 1.29 is 22.4 Å². The lowest BCUT2D eigenvalue weighted by Crippen LogP contribution is -2.31. The quantitative estimate of drug-likeness (QED) is 0.620. The normalized spacial score (nSPS) is 19.9. The van der Waals surface area contributed by atoms with E-state index >= 15 is 0 Å². The Hall–Kier alpha value is -2.48.